The molecule has 0 bridgehead atoms. The van der Waals surface area contributed by atoms with E-state index in [-0.39, 0.29) is 17.2 Å². The molecule has 0 amide bonds. The van der Waals surface area contributed by atoms with Crippen molar-refractivity contribution in [3.63, 3.8) is 0 Å². The van der Waals surface area contributed by atoms with E-state index in [0.29, 0.717) is 22.9 Å². The van der Waals surface area contributed by atoms with Crippen LogP contribution >= 0.6 is 23.2 Å². The third-order valence-electron chi connectivity index (χ3n) is 2.20. The second-order valence-electron chi connectivity index (χ2n) is 3.58. The number of rotatable bonds is 4. The molecule has 0 aliphatic heterocycles. The average Bonchev–Trinajstić information content (AvgIpc) is 2.41. The predicted molar refractivity (Wildman–Crippen MR) is 75.5 cm³/mol. The van der Waals surface area contributed by atoms with Crippen LogP contribution in [0.4, 0.5) is 11.6 Å². The maximum Gasteiger partial charge on any atom is 0.322 e. The number of halogens is 2. The summed E-state index contributed by atoms with van der Waals surface area (Å²) < 4.78 is 5.17. The monoisotopic (exact) mass is 309 g/mol. The lowest BCUT2D eigenvalue weighted by Gasteiger charge is -2.08. The molecule has 2 rings (SSSR count). The molecule has 0 aliphatic rings. The van der Waals surface area contributed by atoms with Gasteiger partial charge >= 0.3 is 6.01 Å². The highest BCUT2D eigenvalue weighted by Crippen LogP contribution is 2.25. The first-order valence-corrected chi connectivity index (χ1v) is 6.39. The van der Waals surface area contributed by atoms with E-state index in [1.165, 1.54) is 0 Å². The Morgan fingerprint density at radius 3 is 2.80 bits per heavy atom. The van der Waals surface area contributed by atoms with Crippen molar-refractivity contribution in [2.24, 2.45) is 0 Å². The largest absolute Gasteiger partial charge is 0.464 e. The number of benzene rings is 1. The summed E-state index contributed by atoms with van der Waals surface area (Å²) >= 11 is 11.8. The fourth-order valence-electron chi connectivity index (χ4n) is 1.39. The zero-order chi connectivity index (χ0) is 14.5. The van der Waals surface area contributed by atoms with Gasteiger partial charge in [0.2, 0.25) is 11.2 Å². The van der Waals surface area contributed by atoms with Crippen LogP contribution in [-0.4, -0.2) is 21.6 Å². The van der Waals surface area contributed by atoms with Crippen molar-refractivity contribution >= 4 is 34.8 Å². The van der Waals surface area contributed by atoms with E-state index in [1.54, 1.807) is 25.1 Å². The third-order valence-corrected chi connectivity index (χ3v) is 2.70. The Kier molecular flexibility index (Phi) is 4.56. The lowest BCUT2D eigenvalue weighted by atomic mass is 10.2. The van der Waals surface area contributed by atoms with Crippen LogP contribution in [0.5, 0.6) is 6.01 Å². The van der Waals surface area contributed by atoms with Gasteiger partial charge in [0.15, 0.2) is 0 Å². The van der Waals surface area contributed by atoms with Crippen LogP contribution in [0.15, 0.2) is 18.2 Å². The number of nitrogens with one attached hydrogen (secondary N) is 1. The Bertz CT molecular complexity index is 671. The summed E-state index contributed by atoms with van der Waals surface area (Å²) in [6.45, 7) is 2.21. The maximum absolute atomic E-state index is 8.87. The first kappa shape index (κ1) is 14.3. The van der Waals surface area contributed by atoms with E-state index < -0.39 is 0 Å². The second-order valence-corrected chi connectivity index (χ2v) is 4.32. The van der Waals surface area contributed by atoms with Crippen LogP contribution in [-0.2, 0) is 0 Å². The number of anilines is 2. The van der Waals surface area contributed by atoms with E-state index in [1.807, 2.05) is 6.07 Å². The molecule has 2 aromatic rings. The van der Waals surface area contributed by atoms with Gasteiger partial charge < -0.3 is 10.1 Å². The number of hydrogen-bond donors (Lipinski definition) is 1. The van der Waals surface area contributed by atoms with Gasteiger partial charge in [-0.1, -0.05) is 11.6 Å². The number of nitrogens with zero attached hydrogens (tertiary/aromatic N) is 4. The molecule has 0 aliphatic carbocycles. The van der Waals surface area contributed by atoms with Gasteiger partial charge in [-0.15, -0.1) is 0 Å². The van der Waals surface area contributed by atoms with E-state index in [0.717, 1.165) is 0 Å². The summed E-state index contributed by atoms with van der Waals surface area (Å²) in [6, 6.07) is 6.93. The fraction of sp³-hybridized carbons (Fsp3) is 0.167. The highest BCUT2D eigenvalue weighted by atomic mass is 35.5. The number of ether oxygens (including phenoxy) is 1. The number of aromatic nitrogens is 3. The molecule has 1 aromatic heterocycles. The predicted octanol–water partition coefficient (Wildman–Crippen LogP) is 3.19. The van der Waals surface area contributed by atoms with Crippen LogP contribution in [0.2, 0.25) is 10.3 Å². The summed E-state index contributed by atoms with van der Waals surface area (Å²) in [5, 5.41) is 12.2. The Hall–Kier alpha value is -2.10. The smallest absolute Gasteiger partial charge is 0.322 e. The van der Waals surface area contributed by atoms with Crippen molar-refractivity contribution in [2.45, 2.75) is 6.92 Å². The van der Waals surface area contributed by atoms with Crippen molar-refractivity contribution in [2.75, 3.05) is 11.9 Å². The van der Waals surface area contributed by atoms with Crippen molar-refractivity contribution < 1.29 is 4.74 Å². The first-order valence-electron chi connectivity index (χ1n) is 5.63. The normalized spacial score (nSPS) is 9.90. The summed E-state index contributed by atoms with van der Waals surface area (Å²) in [4.78, 5) is 11.8. The Labute approximate surface area is 125 Å². The molecule has 0 saturated carbocycles. The summed E-state index contributed by atoms with van der Waals surface area (Å²) in [6.07, 6.45) is 0. The minimum atomic E-state index is -0.00138. The van der Waals surface area contributed by atoms with Crippen LogP contribution in [0, 0.1) is 11.3 Å². The lowest BCUT2D eigenvalue weighted by Crippen LogP contribution is -2.04. The van der Waals surface area contributed by atoms with Gasteiger partial charge in [0.1, 0.15) is 0 Å². The molecule has 0 saturated heterocycles. The SMILES string of the molecule is CCOc1nc(Cl)nc(Nc2cc(C#N)ccc2Cl)n1. The van der Waals surface area contributed by atoms with Crippen LogP contribution < -0.4 is 10.1 Å². The van der Waals surface area contributed by atoms with Gasteiger partial charge in [-0.3, -0.25) is 0 Å². The van der Waals surface area contributed by atoms with E-state index in [2.05, 4.69) is 20.3 Å². The molecule has 102 valence electrons. The summed E-state index contributed by atoms with van der Waals surface area (Å²) in [5.74, 6) is 0.186. The Balaban J connectivity index is 2.32. The zero-order valence-electron chi connectivity index (χ0n) is 10.4. The molecular formula is C12H9Cl2N5O. The van der Waals surface area contributed by atoms with E-state index in [4.69, 9.17) is 33.2 Å². The Morgan fingerprint density at radius 2 is 2.10 bits per heavy atom. The van der Waals surface area contributed by atoms with Gasteiger partial charge in [-0.2, -0.15) is 20.2 Å². The number of nitriles is 1. The van der Waals surface area contributed by atoms with Gasteiger partial charge in [-0.25, -0.2) is 0 Å². The average molecular weight is 310 g/mol. The maximum atomic E-state index is 8.87. The van der Waals surface area contributed by atoms with Crippen LogP contribution in [0.3, 0.4) is 0 Å². The molecule has 1 aromatic carbocycles. The van der Waals surface area contributed by atoms with Crippen molar-refractivity contribution in [3.8, 4) is 12.1 Å². The lowest BCUT2D eigenvalue weighted by molar-refractivity contribution is 0.312. The standard InChI is InChI=1S/C12H9Cl2N5O/c1-2-20-12-18-10(14)17-11(19-12)16-9-5-7(6-15)3-4-8(9)13/h3-5H,2H2,1H3,(H,16,17,18,19). The fourth-order valence-corrected chi connectivity index (χ4v) is 1.71. The molecular weight excluding hydrogens is 301 g/mol. The van der Waals surface area contributed by atoms with Gasteiger partial charge in [0.05, 0.1) is 28.9 Å². The minimum Gasteiger partial charge on any atom is -0.464 e. The topological polar surface area (TPSA) is 83.7 Å². The minimum absolute atomic E-state index is 0.00138. The van der Waals surface area contributed by atoms with Crippen LogP contribution in [0.1, 0.15) is 12.5 Å². The van der Waals surface area contributed by atoms with Crippen LogP contribution in [0.25, 0.3) is 0 Å². The molecule has 0 unspecified atom stereocenters. The second kappa shape index (κ2) is 6.37. The Morgan fingerprint density at radius 1 is 1.30 bits per heavy atom. The highest BCUT2D eigenvalue weighted by molar-refractivity contribution is 6.33. The van der Waals surface area contributed by atoms with E-state index >= 15 is 0 Å². The molecule has 20 heavy (non-hydrogen) atoms. The molecule has 0 spiro atoms. The molecule has 1 heterocycles. The summed E-state index contributed by atoms with van der Waals surface area (Å²) in [5.41, 5.74) is 0.956. The zero-order valence-corrected chi connectivity index (χ0v) is 11.9. The molecule has 0 radical (unpaired) electrons. The van der Waals surface area contributed by atoms with Gasteiger partial charge in [-0.05, 0) is 36.7 Å². The first-order chi connectivity index (χ1) is 9.62. The van der Waals surface area contributed by atoms with Gasteiger partial charge in [0.25, 0.3) is 0 Å². The highest BCUT2D eigenvalue weighted by Gasteiger charge is 2.08. The summed E-state index contributed by atoms with van der Waals surface area (Å²) in [7, 11) is 0. The molecule has 6 nitrogen and oxygen atoms in total. The molecule has 0 fully saturated rings. The quantitative estimate of drug-likeness (QED) is 0.933. The van der Waals surface area contributed by atoms with Crippen molar-refractivity contribution in [3.05, 3.63) is 34.1 Å². The molecule has 8 heteroatoms. The molecule has 0 atom stereocenters. The number of hydrogen-bond acceptors (Lipinski definition) is 6. The van der Waals surface area contributed by atoms with Crippen molar-refractivity contribution in [1.29, 1.82) is 5.26 Å². The van der Waals surface area contributed by atoms with Gasteiger partial charge in [0, 0.05) is 0 Å². The van der Waals surface area contributed by atoms with Crippen molar-refractivity contribution in [1.82, 2.24) is 15.0 Å². The van der Waals surface area contributed by atoms with E-state index in [9.17, 15) is 0 Å². The third kappa shape index (κ3) is 3.47. The molecule has 1 N–H and O–H groups in total.